The number of aliphatic hydroxyl groups excluding tert-OH is 1. The summed E-state index contributed by atoms with van der Waals surface area (Å²) in [7, 11) is 0. The zero-order valence-corrected chi connectivity index (χ0v) is 10.7. The number of rotatable bonds is 4. The van der Waals surface area contributed by atoms with Gasteiger partial charge in [0.25, 0.3) is 0 Å². The second kappa shape index (κ2) is 5.70. The molecule has 0 atom stereocenters. The second-order valence-corrected chi connectivity index (χ2v) is 5.00. The highest BCUT2D eigenvalue weighted by atomic mass is 16.5. The van der Waals surface area contributed by atoms with Gasteiger partial charge in [0.1, 0.15) is 11.8 Å². The average molecular weight is 233 g/mol. The van der Waals surface area contributed by atoms with Crippen LogP contribution in [0.4, 0.5) is 0 Å². The minimum Gasteiger partial charge on any atom is -0.492 e. The summed E-state index contributed by atoms with van der Waals surface area (Å²) in [5.74, 6) is 0.592. The van der Waals surface area contributed by atoms with Crippen LogP contribution in [-0.2, 0) is 5.41 Å². The van der Waals surface area contributed by atoms with Crippen LogP contribution in [0.5, 0.6) is 5.75 Å². The zero-order valence-electron chi connectivity index (χ0n) is 10.7. The molecule has 0 saturated heterocycles. The van der Waals surface area contributed by atoms with Crippen molar-refractivity contribution in [2.45, 2.75) is 32.6 Å². The van der Waals surface area contributed by atoms with Crippen LogP contribution in [0, 0.1) is 11.3 Å². The molecule has 0 fully saturated rings. The van der Waals surface area contributed by atoms with Crippen LogP contribution in [0.2, 0.25) is 0 Å². The predicted molar refractivity (Wildman–Crippen MR) is 67.1 cm³/mol. The van der Waals surface area contributed by atoms with Gasteiger partial charge in [-0.15, -0.1) is 0 Å². The lowest BCUT2D eigenvalue weighted by Gasteiger charge is -2.20. The third-order valence-electron chi connectivity index (χ3n) is 2.53. The molecular formula is C14H19NO2. The third kappa shape index (κ3) is 3.76. The van der Waals surface area contributed by atoms with Gasteiger partial charge in [-0.2, -0.15) is 5.26 Å². The summed E-state index contributed by atoms with van der Waals surface area (Å²) in [4.78, 5) is 0. The number of ether oxygens (including phenoxy) is 1. The quantitative estimate of drug-likeness (QED) is 0.813. The van der Waals surface area contributed by atoms with Gasteiger partial charge in [0, 0.05) is 13.0 Å². The number of hydrogen-bond donors (Lipinski definition) is 1. The lowest BCUT2D eigenvalue weighted by Crippen LogP contribution is -2.11. The Morgan fingerprint density at radius 1 is 1.35 bits per heavy atom. The number of benzene rings is 1. The highest BCUT2D eigenvalue weighted by Gasteiger charge is 2.15. The fourth-order valence-corrected chi connectivity index (χ4v) is 1.46. The minimum atomic E-state index is 0.0230. The van der Waals surface area contributed by atoms with Gasteiger partial charge in [0.2, 0.25) is 0 Å². The molecule has 92 valence electrons. The lowest BCUT2D eigenvalue weighted by molar-refractivity contribution is 0.233. The summed E-state index contributed by atoms with van der Waals surface area (Å²) < 4.78 is 5.45. The first kappa shape index (κ1) is 13.5. The van der Waals surface area contributed by atoms with Crippen LogP contribution in [0.15, 0.2) is 18.2 Å². The summed E-state index contributed by atoms with van der Waals surface area (Å²) in [6.07, 6.45) is 0.575. The van der Waals surface area contributed by atoms with Crippen molar-refractivity contribution in [1.29, 1.82) is 5.26 Å². The molecule has 17 heavy (non-hydrogen) atoms. The molecular weight excluding hydrogens is 214 g/mol. The van der Waals surface area contributed by atoms with E-state index in [-0.39, 0.29) is 12.0 Å². The van der Waals surface area contributed by atoms with Crippen molar-refractivity contribution in [1.82, 2.24) is 0 Å². The normalized spacial score (nSPS) is 11.0. The molecule has 1 aromatic carbocycles. The number of nitrogens with zero attached hydrogens (tertiary/aromatic N) is 1. The van der Waals surface area contributed by atoms with Crippen molar-refractivity contribution in [3.63, 3.8) is 0 Å². The lowest BCUT2D eigenvalue weighted by atomic mass is 9.86. The molecule has 0 amide bonds. The van der Waals surface area contributed by atoms with Crippen molar-refractivity contribution >= 4 is 0 Å². The summed E-state index contributed by atoms with van der Waals surface area (Å²) >= 11 is 0. The monoisotopic (exact) mass is 233 g/mol. The summed E-state index contributed by atoms with van der Waals surface area (Å²) in [6.45, 7) is 6.85. The molecule has 0 aliphatic heterocycles. The maximum absolute atomic E-state index is 9.09. The highest BCUT2D eigenvalue weighted by molar-refractivity contribution is 5.46. The predicted octanol–water partition coefficient (Wildman–Crippen LogP) is 2.62. The van der Waals surface area contributed by atoms with E-state index in [2.05, 4.69) is 26.8 Å². The molecule has 0 aliphatic carbocycles. The first-order chi connectivity index (χ1) is 7.99. The average Bonchev–Trinajstić information content (AvgIpc) is 2.28. The van der Waals surface area contributed by atoms with Crippen LogP contribution in [0.1, 0.15) is 38.3 Å². The molecule has 0 bridgehead atoms. The Bertz CT molecular complexity index is 413. The molecule has 1 rings (SSSR count). The summed E-state index contributed by atoms with van der Waals surface area (Å²) in [5.41, 5.74) is 1.69. The van der Waals surface area contributed by atoms with E-state index >= 15 is 0 Å². The maximum Gasteiger partial charge on any atom is 0.137 e. The van der Waals surface area contributed by atoms with Gasteiger partial charge in [0.05, 0.1) is 12.2 Å². The second-order valence-electron chi connectivity index (χ2n) is 5.00. The Morgan fingerprint density at radius 3 is 2.59 bits per heavy atom. The van der Waals surface area contributed by atoms with Crippen molar-refractivity contribution in [3.05, 3.63) is 29.3 Å². The Hall–Kier alpha value is -1.53. The van der Waals surface area contributed by atoms with Crippen LogP contribution in [-0.4, -0.2) is 18.3 Å². The van der Waals surface area contributed by atoms with E-state index in [1.807, 2.05) is 18.2 Å². The zero-order chi connectivity index (χ0) is 12.9. The highest BCUT2D eigenvalue weighted by Crippen LogP contribution is 2.27. The first-order valence-corrected chi connectivity index (χ1v) is 5.77. The maximum atomic E-state index is 9.09. The van der Waals surface area contributed by atoms with E-state index in [1.165, 1.54) is 0 Å². The van der Waals surface area contributed by atoms with Crippen LogP contribution in [0.25, 0.3) is 0 Å². The molecule has 1 aromatic rings. The Balaban J connectivity index is 2.91. The Labute approximate surface area is 103 Å². The van der Waals surface area contributed by atoms with Crippen LogP contribution < -0.4 is 4.74 Å². The Kier molecular flexibility index (Phi) is 4.53. The molecule has 3 nitrogen and oxygen atoms in total. The first-order valence-electron chi connectivity index (χ1n) is 5.77. The molecule has 0 saturated carbocycles. The standard InChI is InChI=1S/C14H19NO2/c1-14(2,3)12-5-6-13(11(9-12)10-15)17-8-4-7-16/h5-6,9,16H,4,7-8H2,1-3H3. The fraction of sp³-hybridized carbons (Fsp3) is 0.500. The summed E-state index contributed by atoms with van der Waals surface area (Å²) in [6, 6.07) is 7.83. The Morgan fingerprint density at radius 2 is 2.06 bits per heavy atom. The molecule has 0 spiro atoms. The molecule has 0 aromatic heterocycles. The van der Waals surface area contributed by atoms with Gasteiger partial charge in [-0.3, -0.25) is 0 Å². The van der Waals surface area contributed by atoms with E-state index in [1.54, 1.807) is 0 Å². The van der Waals surface area contributed by atoms with E-state index < -0.39 is 0 Å². The number of aliphatic hydroxyl groups is 1. The largest absolute Gasteiger partial charge is 0.492 e. The number of hydrogen-bond acceptors (Lipinski definition) is 3. The van der Waals surface area contributed by atoms with Crippen molar-refractivity contribution in [2.75, 3.05) is 13.2 Å². The number of nitriles is 1. The molecule has 0 unspecified atom stereocenters. The third-order valence-corrected chi connectivity index (χ3v) is 2.53. The molecule has 1 N–H and O–H groups in total. The van der Waals surface area contributed by atoms with Gasteiger partial charge in [-0.05, 0) is 23.1 Å². The van der Waals surface area contributed by atoms with Gasteiger partial charge < -0.3 is 9.84 Å². The van der Waals surface area contributed by atoms with Gasteiger partial charge in [0.15, 0.2) is 0 Å². The molecule has 3 heteroatoms. The van der Waals surface area contributed by atoms with Crippen molar-refractivity contribution < 1.29 is 9.84 Å². The van der Waals surface area contributed by atoms with E-state index in [0.29, 0.717) is 24.3 Å². The molecule has 0 radical (unpaired) electrons. The van der Waals surface area contributed by atoms with Gasteiger partial charge in [-0.25, -0.2) is 0 Å². The van der Waals surface area contributed by atoms with Crippen LogP contribution in [0.3, 0.4) is 0 Å². The van der Waals surface area contributed by atoms with Crippen LogP contribution >= 0.6 is 0 Å². The van der Waals surface area contributed by atoms with Gasteiger partial charge >= 0.3 is 0 Å². The van der Waals surface area contributed by atoms with Crippen molar-refractivity contribution in [2.24, 2.45) is 0 Å². The van der Waals surface area contributed by atoms with Gasteiger partial charge in [-0.1, -0.05) is 26.8 Å². The molecule has 0 aliphatic rings. The van der Waals surface area contributed by atoms with E-state index in [4.69, 9.17) is 15.1 Å². The van der Waals surface area contributed by atoms with Crippen molar-refractivity contribution in [3.8, 4) is 11.8 Å². The van der Waals surface area contributed by atoms with E-state index in [9.17, 15) is 0 Å². The topological polar surface area (TPSA) is 53.2 Å². The fourth-order valence-electron chi connectivity index (χ4n) is 1.46. The summed E-state index contributed by atoms with van der Waals surface area (Å²) in [5, 5.41) is 17.8. The minimum absolute atomic E-state index is 0.0230. The molecule has 0 heterocycles. The SMILES string of the molecule is CC(C)(C)c1ccc(OCCCO)c(C#N)c1. The van der Waals surface area contributed by atoms with E-state index in [0.717, 1.165) is 5.56 Å². The smallest absolute Gasteiger partial charge is 0.137 e.